The molecule has 1 amide bonds. The average Bonchev–Trinajstić information content (AvgIpc) is 2.96. The fourth-order valence-corrected chi connectivity index (χ4v) is 3.71. The summed E-state index contributed by atoms with van der Waals surface area (Å²) in [5.74, 6) is 3.03. The highest BCUT2D eigenvalue weighted by Crippen LogP contribution is 2.49. The van der Waals surface area contributed by atoms with Crippen molar-refractivity contribution in [3.63, 3.8) is 0 Å². The van der Waals surface area contributed by atoms with E-state index in [2.05, 4.69) is 5.32 Å². The second-order valence-corrected chi connectivity index (χ2v) is 6.42. The van der Waals surface area contributed by atoms with E-state index in [-0.39, 0.29) is 12.5 Å². The van der Waals surface area contributed by atoms with Crippen LogP contribution in [0, 0.1) is 23.7 Å². The molecule has 0 aromatic carbocycles. The molecular formula is C15H27NO2. The molecule has 0 radical (unpaired) electrons. The van der Waals surface area contributed by atoms with Crippen LogP contribution < -0.4 is 5.32 Å². The van der Waals surface area contributed by atoms with Crippen LogP contribution in [0.25, 0.3) is 0 Å². The number of hydrogen-bond donors (Lipinski definition) is 2. The topological polar surface area (TPSA) is 49.3 Å². The summed E-state index contributed by atoms with van der Waals surface area (Å²) in [6, 6.07) is 0. The molecule has 4 atom stereocenters. The first-order chi connectivity index (χ1) is 8.69. The zero-order chi connectivity index (χ0) is 13.0. The van der Waals surface area contributed by atoms with Gasteiger partial charge in [0, 0.05) is 19.6 Å². The van der Waals surface area contributed by atoms with Crippen LogP contribution in [0.3, 0.4) is 0 Å². The van der Waals surface area contributed by atoms with Crippen LogP contribution in [0.5, 0.6) is 0 Å². The van der Waals surface area contributed by atoms with Gasteiger partial charge in [-0.2, -0.15) is 0 Å². The van der Waals surface area contributed by atoms with E-state index >= 15 is 0 Å². The highest BCUT2D eigenvalue weighted by molar-refractivity contribution is 5.76. The molecular weight excluding hydrogens is 226 g/mol. The first-order valence-corrected chi connectivity index (χ1v) is 7.56. The van der Waals surface area contributed by atoms with Crippen LogP contribution in [-0.2, 0) is 4.79 Å². The molecule has 104 valence electrons. The van der Waals surface area contributed by atoms with E-state index in [9.17, 15) is 4.79 Å². The lowest BCUT2D eigenvalue weighted by Crippen LogP contribution is -2.28. The monoisotopic (exact) mass is 253 g/mol. The van der Waals surface area contributed by atoms with Crippen LogP contribution in [0.15, 0.2) is 0 Å². The van der Waals surface area contributed by atoms with Gasteiger partial charge >= 0.3 is 0 Å². The lowest BCUT2D eigenvalue weighted by Gasteiger charge is -2.20. The molecule has 0 spiro atoms. The lowest BCUT2D eigenvalue weighted by molar-refractivity contribution is -0.122. The number of rotatable bonds is 7. The van der Waals surface area contributed by atoms with Crippen molar-refractivity contribution in [1.82, 2.24) is 5.32 Å². The zero-order valence-corrected chi connectivity index (χ0v) is 11.5. The molecule has 0 aromatic heterocycles. The van der Waals surface area contributed by atoms with Gasteiger partial charge in [-0.1, -0.05) is 13.3 Å². The third-order valence-electron chi connectivity index (χ3n) is 4.84. The molecule has 2 bridgehead atoms. The number of carbonyl (C=O) groups excluding carboxylic acids is 1. The maximum Gasteiger partial charge on any atom is 0.220 e. The van der Waals surface area contributed by atoms with Gasteiger partial charge in [0.2, 0.25) is 5.91 Å². The molecule has 4 unspecified atom stereocenters. The van der Waals surface area contributed by atoms with E-state index in [1.165, 1.54) is 25.7 Å². The Morgan fingerprint density at radius 3 is 2.83 bits per heavy atom. The number of aliphatic hydroxyl groups excluding tert-OH is 1. The normalized spacial score (nSPS) is 31.6. The van der Waals surface area contributed by atoms with Gasteiger partial charge in [-0.3, -0.25) is 4.79 Å². The molecule has 2 aliphatic rings. The SMILES string of the molecule is CC(CO)CCCNC(=O)CC1CC2CCC1C2. The van der Waals surface area contributed by atoms with Gasteiger partial charge in [-0.25, -0.2) is 0 Å². The van der Waals surface area contributed by atoms with Gasteiger partial charge in [-0.05, 0) is 55.8 Å². The lowest BCUT2D eigenvalue weighted by atomic mass is 9.86. The van der Waals surface area contributed by atoms with Crippen molar-refractivity contribution in [2.24, 2.45) is 23.7 Å². The van der Waals surface area contributed by atoms with Crippen LogP contribution in [0.2, 0.25) is 0 Å². The maximum absolute atomic E-state index is 11.8. The molecule has 2 aliphatic carbocycles. The summed E-state index contributed by atoms with van der Waals surface area (Å²) in [6.45, 7) is 3.06. The first-order valence-electron chi connectivity index (χ1n) is 7.56. The van der Waals surface area contributed by atoms with Crippen molar-refractivity contribution in [2.45, 2.75) is 51.9 Å². The largest absolute Gasteiger partial charge is 0.396 e. The predicted octanol–water partition coefficient (Wildman–Crippen LogP) is 2.34. The Morgan fingerprint density at radius 1 is 1.39 bits per heavy atom. The Balaban J connectivity index is 1.55. The summed E-state index contributed by atoms with van der Waals surface area (Å²) in [6.07, 6.45) is 8.15. The van der Waals surface area contributed by atoms with E-state index in [1.807, 2.05) is 6.92 Å². The Hall–Kier alpha value is -0.570. The molecule has 0 aromatic rings. The molecule has 2 rings (SSSR count). The number of fused-ring (bicyclic) bond motifs is 2. The van der Waals surface area contributed by atoms with Crippen molar-refractivity contribution < 1.29 is 9.90 Å². The van der Waals surface area contributed by atoms with E-state index < -0.39 is 0 Å². The molecule has 2 fully saturated rings. The minimum atomic E-state index is 0.240. The van der Waals surface area contributed by atoms with Crippen LogP contribution in [-0.4, -0.2) is 24.2 Å². The second kappa shape index (κ2) is 6.55. The van der Waals surface area contributed by atoms with Crippen molar-refractivity contribution in [2.75, 3.05) is 13.2 Å². The fraction of sp³-hybridized carbons (Fsp3) is 0.933. The summed E-state index contributed by atoms with van der Waals surface area (Å²) in [5.41, 5.74) is 0. The molecule has 0 saturated heterocycles. The third-order valence-corrected chi connectivity index (χ3v) is 4.84. The van der Waals surface area contributed by atoms with Gasteiger partial charge in [0.25, 0.3) is 0 Å². The van der Waals surface area contributed by atoms with Gasteiger partial charge in [0.15, 0.2) is 0 Å². The Labute approximate surface area is 110 Å². The molecule has 3 nitrogen and oxygen atoms in total. The van der Waals surface area contributed by atoms with E-state index in [1.54, 1.807) is 0 Å². The number of carbonyl (C=O) groups is 1. The molecule has 18 heavy (non-hydrogen) atoms. The quantitative estimate of drug-likeness (QED) is 0.684. The standard InChI is InChI=1S/C15H27NO2/c1-11(10-17)3-2-6-16-15(18)9-14-8-12-4-5-13(14)7-12/h11-14,17H,2-10H2,1H3,(H,16,18). The summed E-state index contributed by atoms with van der Waals surface area (Å²) >= 11 is 0. The Morgan fingerprint density at radius 2 is 2.22 bits per heavy atom. The summed E-state index contributed by atoms with van der Waals surface area (Å²) in [4.78, 5) is 11.8. The average molecular weight is 253 g/mol. The predicted molar refractivity (Wildman–Crippen MR) is 72.0 cm³/mol. The van der Waals surface area contributed by atoms with Crippen molar-refractivity contribution in [3.8, 4) is 0 Å². The number of nitrogens with one attached hydrogen (secondary N) is 1. The van der Waals surface area contributed by atoms with Crippen molar-refractivity contribution in [1.29, 1.82) is 0 Å². The number of hydrogen-bond acceptors (Lipinski definition) is 2. The zero-order valence-electron chi connectivity index (χ0n) is 11.5. The first kappa shape index (κ1) is 13.9. The Bertz CT molecular complexity index is 280. The smallest absolute Gasteiger partial charge is 0.220 e. The summed E-state index contributed by atoms with van der Waals surface area (Å²) < 4.78 is 0. The summed E-state index contributed by atoms with van der Waals surface area (Å²) in [5, 5.41) is 11.9. The molecule has 2 saturated carbocycles. The van der Waals surface area contributed by atoms with Gasteiger partial charge in [0.1, 0.15) is 0 Å². The molecule has 0 heterocycles. The summed E-state index contributed by atoms with van der Waals surface area (Å²) in [7, 11) is 0. The third kappa shape index (κ3) is 3.71. The van der Waals surface area contributed by atoms with Crippen molar-refractivity contribution >= 4 is 5.91 Å². The van der Waals surface area contributed by atoms with Crippen LogP contribution in [0.4, 0.5) is 0 Å². The van der Waals surface area contributed by atoms with Crippen LogP contribution in [0.1, 0.15) is 51.9 Å². The highest BCUT2D eigenvalue weighted by Gasteiger charge is 2.39. The number of amides is 1. The fourth-order valence-electron chi connectivity index (χ4n) is 3.71. The minimum Gasteiger partial charge on any atom is -0.396 e. The van der Waals surface area contributed by atoms with Gasteiger partial charge in [0.05, 0.1) is 0 Å². The Kier molecular flexibility index (Phi) is 5.04. The molecule has 2 N–H and O–H groups in total. The molecule has 0 aliphatic heterocycles. The van der Waals surface area contributed by atoms with E-state index in [0.717, 1.165) is 37.6 Å². The molecule has 3 heteroatoms. The second-order valence-electron chi connectivity index (χ2n) is 6.42. The number of aliphatic hydroxyl groups is 1. The maximum atomic E-state index is 11.8. The van der Waals surface area contributed by atoms with E-state index in [4.69, 9.17) is 5.11 Å². The van der Waals surface area contributed by atoms with Gasteiger partial charge in [-0.15, -0.1) is 0 Å². The minimum absolute atomic E-state index is 0.240. The van der Waals surface area contributed by atoms with Crippen LogP contribution >= 0.6 is 0 Å². The highest BCUT2D eigenvalue weighted by atomic mass is 16.3. The van der Waals surface area contributed by atoms with Crippen molar-refractivity contribution in [3.05, 3.63) is 0 Å². The van der Waals surface area contributed by atoms with E-state index in [0.29, 0.717) is 11.8 Å². The van der Waals surface area contributed by atoms with Gasteiger partial charge < -0.3 is 10.4 Å².